The molecule has 0 atom stereocenters. The molecule has 92 valence electrons. The van der Waals surface area contributed by atoms with Crippen molar-refractivity contribution in [3.05, 3.63) is 23.9 Å². The third-order valence-corrected chi connectivity index (χ3v) is 2.86. The normalized spacial score (nSPS) is 16.0. The summed E-state index contributed by atoms with van der Waals surface area (Å²) in [5.74, 6) is 0.506. The van der Waals surface area contributed by atoms with Crippen LogP contribution in [-0.2, 0) is 0 Å². The van der Waals surface area contributed by atoms with Crippen LogP contribution in [0, 0.1) is 5.41 Å². The second kappa shape index (κ2) is 5.63. The van der Waals surface area contributed by atoms with E-state index in [0.717, 1.165) is 6.54 Å². The topological polar surface area (TPSA) is 75.2 Å². The van der Waals surface area contributed by atoms with Gasteiger partial charge in [0, 0.05) is 12.6 Å². The third kappa shape index (κ3) is 3.42. The van der Waals surface area contributed by atoms with Gasteiger partial charge in [-0.2, -0.15) is 0 Å². The van der Waals surface area contributed by atoms with E-state index in [0.29, 0.717) is 18.2 Å². The lowest BCUT2D eigenvalue weighted by atomic mass is 10.3. The summed E-state index contributed by atoms with van der Waals surface area (Å²) in [4.78, 5) is 6.53. The van der Waals surface area contributed by atoms with Crippen molar-refractivity contribution >= 4 is 5.84 Å². The Hall–Kier alpha value is -1.62. The number of hydrogen-bond acceptors (Lipinski definition) is 4. The predicted octanol–water partition coefficient (Wildman–Crippen LogP) is 0.840. The minimum atomic E-state index is -0.0324. The summed E-state index contributed by atoms with van der Waals surface area (Å²) < 4.78 is 5.55. The number of nitrogen functional groups attached to an aromatic ring is 1. The minimum absolute atomic E-state index is 0.0324. The van der Waals surface area contributed by atoms with Crippen molar-refractivity contribution in [3.63, 3.8) is 0 Å². The van der Waals surface area contributed by atoms with Gasteiger partial charge in [-0.1, -0.05) is 6.07 Å². The van der Waals surface area contributed by atoms with Gasteiger partial charge in [0.2, 0.25) is 5.88 Å². The number of ether oxygens (including phenoxy) is 1. The second-order valence-corrected chi connectivity index (χ2v) is 4.17. The van der Waals surface area contributed by atoms with Crippen LogP contribution in [0.4, 0.5) is 0 Å². The number of rotatable bonds is 5. The van der Waals surface area contributed by atoms with E-state index < -0.39 is 0 Å². The van der Waals surface area contributed by atoms with Gasteiger partial charge in [0.1, 0.15) is 18.1 Å². The average molecular weight is 234 g/mol. The summed E-state index contributed by atoms with van der Waals surface area (Å²) in [5.41, 5.74) is 5.83. The highest BCUT2D eigenvalue weighted by Crippen LogP contribution is 2.09. The van der Waals surface area contributed by atoms with Crippen molar-refractivity contribution in [1.29, 1.82) is 5.41 Å². The Balaban J connectivity index is 1.81. The predicted molar refractivity (Wildman–Crippen MR) is 66.4 cm³/mol. The summed E-state index contributed by atoms with van der Waals surface area (Å²) in [6.45, 7) is 3.91. The molecule has 1 saturated heterocycles. The zero-order valence-electron chi connectivity index (χ0n) is 9.85. The number of nitrogens with zero attached hydrogens (tertiary/aromatic N) is 2. The molecule has 2 rings (SSSR count). The van der Waals surface area contributed by atoms with E-state index in [1.807, 2.05) is 0 Å². The SMILES string of the molecule is N=C(N)c1cccc(OCCN2CCCC2)n1. The van der Waals surface area contributed by atoms with Crippen LogP contribution < -0.4 is 10.5 Å². The molecule has 1 aliphatic heterocycles. The van der Waals surface area contributed by atoms with Gasteiger partial charge in [-0.05, 0) is 32.0 Å². The first-order valence-electron chi connectivity index (χ1n) is 5.92. The van der Waals surface area contributed by atoms with Gasteiger partial charge in [0.05, 0.1) is 0 Å². The van der Waals surface area contributed by atoms with Crippen LogP contribution in [-0.4, -0.2) is 42.0 Å². The van der Waals surface area contributed by atoms with Gasteiger partial charge >= 0.3 is 0 Å². The second-order valence-electron chi connectivity index (χ2n) is 4.17. The lowest BCUT2D eigenvalue weighted by Gasteiger charge is -2.14. The first-order chi connectivity index (χ1) is 8.25. The zero-order valence-corrected chi connectivity index (χ0v) is 9.85. The zero-order chi connectivity index (χ0) is 12.1. The first kappa shape index (κ1) is 11.9. The minimum Gasteiger partial charge on any atom is -0.476 e. The van der Waals surface area contributed by atoms with E-state index in [2.05, 4.69) is 9.88 Å². The highest BCUT2D eigenvalue weighted by Gasteiger charge is 2.10. The molecule has 0 aliphatic carbocycles. The van der Waals surface area contributed by atoms with E-state index >= 15 is 0 Å². The van der Waals surface area contributed by atoms with E-state index in [-0.39, 0.29) is 5.84 Å². The molecule has 0 bridgehead atoms. The van der Waals surface area contributed by atoms with Crippen LogP contribution in [0.25, 0.3) is 0 Å². The van der Waals surface area contributed by atoms with Crippen molar-refractivity contribution in [3.8, 4) is 5.88 Å². The van der Waals surface area contributed by atoms with Gasteiger partial charge in [-0.3, -0.25) is 10.3 Å². The maximum atomic E-state index is 7.30. The monoisotopic (exact) mass is 234 g/mol. The summed E-state index contributed by atoms with van der Waals surface area (Å²) in [5, 5.41) is 7.30. The maximum absolute atomic E-state index is 7.30. The molecule has 0 aromatic carbocycles. The molecule has 0 radical (unpaired) electrons. The highest BCUT2D eigenvalue weighted by molar-refractivity contribution is 5.93. The van der Waals surface area contributed by atoms with E-state index in [4.69, 9.17) is 15.9 Å². The van der Waals surface area contributed by atoms with Gasteiger partial charge < -0.3 is 10.5 Å². The molecule has 17 heavy (non-hydrogen) atoms. The van der Waals surface area contributed by atoms with Gasteiger partial charge in [-0.15, -0.1) is 0 Å². The van der Waals surface area contributed by atoms with Crippen LogP contribution in [0.5, 0.6) is 5.88 Å². The molecular formula is C12H18N4O. The van der Waals surface area contributed by atoms with Gasteiger partial charge in [0.25, 0.3) is 0 Å². The molecule has 1 aromatic rings. The van der Waals surface area contributed by atoms with Gasteiger partial charge in [0.15, 0.2) is 0 Å². The smallest absolute Gasteiger partial charge is 0.213 e. The number of nitrogens with two attached hydrogens (primary N) is 1. The van der Waals surface area contributed by atoms with Crippen LogP contribution in [0.2, 0.25) is 0 Å². The van der Waals surface area contributed by atoms with E-state index in [1.165, 1.54) is 25.9 Å². The molecule has 0 unspecified atom stereocenters. The molecule has 1 fully saturated rings. The number of nitrogens with one attached hydrogen (secondary N) is 1. The number of pyridine rings is 1. The van der Waals surface area contributed by atoms with Crippen LogP contribution in [0.1, 0.15) is 18.5 Å². The number of likely N-dealkylation sites (tertiary alicyclic amines) is 1. The van der Waals surface area contributed by atoms with Gasteiger partial charge in [-0.25, -0.2) is 4.98 Å². The van der Waals surface area contributed by atoms with Crippen LogP contribution in [0.3, 0.4) is 0 Å². The van der Waals surface area contributed by atoms with E-state index in [1.54, 1.807) is 18.2 Å². The van der Waals surface area contributed by atoms with Crippen LogP contribution in [0.15, 0.2) is 18.2 Å². The summed E-state index contributed by atoms with van der Waals surface area (Å²) in [7, 11) is 0. The fraction of sp³-hybridized carbons (Fsp3) is 0.500. The molecule has 1 aromatic heterocycles. The molecule has 5 heteroatoms. The molecule has 0 saturated carbocycles. The summed E-state index contributed by atoms with van der Waals surface area (Å²) in [6.07, 6.45) is 2.58. The highest BCUT2D eigenvalue weighted by atomic mass is 16.5. The number of aromatic nitrogens is 1. The Kier molecular flexibility index (Phi) is 3.93. The summed E-state index contributed by atoms with van der Waals surface area (Å²) in [6, 6.07) is 5.29. The molecule has 1 aliphatic rings. The third-order valence-electron chi connectivity index (χ3n) is 2.86. The Labute approximate surface area is 101 Å². The van der Waals surface area contributed by atoms with E-state index in [9.17, 15) is 0 Å². The Morgan fingerprint density at radius 2 is 2.18 bits per heavy atom. The van der Waals surface area contributed by atoms with Crippen molar-refractivity contribution in [2.75, 3.05) is 26.2 Å². The quantitative estimate of drug-likeness (QED) is 0.585. The summed E-state index contributed by atoms with van der Waals surface area (Å²) >= 11 is 0. The fourth-order valence-corrected chi connectivity index (χ4v) is 1.93. The fourth-order valence-electron chi connectivity index (χ4n) is 1.93. The molecule has 2 heterocycles. The number of amidine groups is 1. The Morgan fingerprint density at radius 1 is 1.41 bits per heavy atom. The van der Waals surface area contributed by atoms with Crippen molar-refractivity contribution in [2.45, 2.75) is 12.8 Å². The lowest BCUT2D eigenvalue weighted by Crippen LogP contribution is -2.25. The van der Waals surface area contributed by atoms with Crippen molar-refractivity contribution in [2.24, 2.45) is 5.73 Å². The maximum Gasteiger partial charge on any atom is 0.213 e. The standard InChI is InChI=1S/C12H18N4O/c13-12(14)10-4-3-5-11(15-10)17-9-8-16-6-1-2-7-16/h3-5H,1-2,6-9H2,(H3,13,14). The molecule has 3 N–H and O–H groups in total. The average Bonchev–Trinajstić information content (AvgIpc) is 2.82. The Bertz CT molecular complexity index is 388. The lowest BCUT2D eigenvalue weighted by molar-refractivity contribution is 0.232. The molecule has 0 amide bonds. The van der Waals surface area contributed by atoms with Crippen molar-refractivity contribution in [1.82, 2.24) is 9.88 Å². The van der Waals surface area contributed by atoms with Crippen molar-refractivity contribution < 1.29 is 4.74 Å². The Morgan fingerprint density at radius 3 is 2.88 bits per heavy atom. The molecular weight excluding hydrogens is 216 g/mol. The van der Waals surface area contributed by atoms with Crippen LogP contribution >= 0.6 is 0 Å². The first-order valence-corrected chi connectivity index (χ1v) is 5.92. The largest absolute Gasteiger partial charge is 0.476 e. The number of hydrogen-bond donors (Lipinski definition) is 2. The molecule has 0 spiro atoms. The molecule has 5 nitrogen and oxygen atoms in total.